The van der Waals surface area contributed by atoms with Gasteiger partial charge in [0.05, 0.1) is 5.92 Å². The van der Waals surface area contributed by atoms with Gasteiger partial charge in [-0.15, -0.1) is 0 Å². The SMILES string of the molecule is O=CC1C=CN(c2cc(-c3ccccc3)ccn2)C=C1O. The predicted octanol–water partition coefficient (Wildman–Crippen LogP) is 3.30. The molecule has 1 aromatic heterocycles. The average Bonchev–Trinajstić information content (AvgIpc) is 2.56. The number of aromatic nitrogens is 1. The lowest BCUT2D eigenvalue weighted by Gasteiger charge is -2.21. The van der Waals surface area contributed by atoms with Crippen LogP contribution in [0.15, 0.2) is 72.9 Å². The van der Waals surface area contributed by atoms with Gasteiger partial charge in [0, 0.05) is 18.6 Å². The minimum atomic E-state index is -0.571. The molecule has 1 aliphatic rings. The zero-order valence-corrected chi connectivity index (χ0v) is 11.3. The summed E-state index contributed by atoms with van der Waals surface area (Å²) in [4.78, 5) is 16.8. The highest BCUT2D eigenvalue weighted by molar-refractivity contribution is 5.69. The van der Waals surface area contributed by atoms with E-state index < -0.39 is 5.92 Å². The lowest BCUT2D eigenvalue weighted by atomic mass is 10.1. The number of allylic oxidation sites excluding steroid dienone is 1. The number of carbonyl (C=O) groups excluding carboxylic acids is 1. The molecule has 1 aliphatic heterocycles. The van der Waals surface area contributed by atoms with Crippen molar-refractivity contribution in [2.75, 3.05) is 4.90 Å². The summed E-state index contributed by atoms with van der Waals surface area (Å²) in [5.41, 5.74) is 2.14. The molecule has 1 atom stereocenters. The molecule has 0 bridgehead atoms. The van der Waals surface area contributed by atoms with Crippen LogP contribution in [-0.2, 0) is 4.79 Å². The van der Waals surface area contributed by atoms with E-state index in [9.17, 15) is 9.90 Å². The van der Waals surface area contributed by atoms with Crippen LogP contribution in [0.5, 0.6) is 0 Å². The molecule has 0 saturated carbocycles. The molecule has 104 valence electrons. The molecule has 1 aromatic carbocycles. The Morgan fingerprint density at radius 3 is 2.67 bits per heavy atom. The lowest BCUT2D eigenvalue weighted by molar-refractivity contribution is -0.109. The second-order valence-corrected chi connectivity index (χ2v) is 4.73. The van der Waals surface area contributed by atoms with Crippen molar-refractivity contribution in [1.82, 2.24) is 4.98 Å². The standard InChI is InChI=1S/C17H14N2O2/c20-12-15-7-9-19(11-16(15)21)17-10-14(6-8-18-17)13-4-2-1-3-5-13/h1-12,15,21H. The fourth-order valence-corrected chi connectivity index (χ4v) is 2.18. The minimum absolute atomic E-state index is 0.0133. The van der Waals surface area contributed by atoms with Crippen molar-refractivity contribution in [2.45, 2.75) is 0 Å². The van der Waals surface area contributed by atoms with Gasteiger partial charge in [-0.1, -0.05) is 36.4 Å². The molecule has 0 radical (unpaired) electrons. The van der Waals surface area contributed by atoms with E-state index in [2.05, 4.69) is 4.98 Å². The van der Waals surface area contributed by atoms with Crippen LogP contribution < -0.4 is 4.90 Å². The van der Waals surface area contributed by atoms with E-state index in [0.29, 0.717) is 12.1 Å². The normalized spacial score (nSPS) is 17.4. The minimum Gasteiger partial charge on any atom is -0.510 e. The molecule has 1 unspecified atom stereocenters. The molecule has 0 saturated heterocycles. The summed E-state index contributed by atoms with van der Waals surface area (Å²) in [5.74, 6) is 0.126. The predicted molar refractivity (Wildman–Crippen MR) is 81.6 cm³/mol. The van der Waals surface area contributed by atoms with Crippen molar-refractivity contribution in [3.05, 3.63) is 72.9 Å². The first-order chi connectivity index (χ1) is 10.3. The maximum absolute atomic E-state index is 10.8. The van der Waals surface area contributed by atoms with Crippen LogP contribution in [0.1, 0.15) is 0 Å². The molecule has 21 heavy (non-hydrogen) atoms. The summed E-state index contributed by atoms with van der Waals surface area (Å²) in [5, 5.41) is 9.80. The second kappa shape index (κ2) is 5.63. The summed E-state index contributed by atoms with van der Waals surface area (Å²) in [6, 6.07) is 13.9. The number of anilines is 1. The molecule has 4 nitrogen and oxygen atoms in total. The number of hydrogen-bond donors (Lipinski definition) is 1. The smallest absolute Gasteiger partial charge is 0.137 e. The number of hydrogen-bond acceptors (Lipinski definition) is 4. The Kier molecular flexibility index (Phi) is 3.51. The van der Waals surface area contributed by atoms with Gasteiger partial charge in [0.1, 0.15) is 17.9 Å². The molecule has 0 spiro atoms. The fraction of sp³-hybridized carbons (Fsp3) is 0.0588. The maximum Gasteiger partial charge on any atom is 0.137 e. The highest BCUT2D eigenvalue weighted by Crippen LogP contribution is 2.25. The Bertz CT molecular complexity index is 708. The van der Waals surface area contributed by atoms with Crippen LogP contribution in [0.25, 0.3) is 11.1 Å². The van der Waals surface area contributed by atoms with Crippen LogP contribution in [0.3, 0.4) is 0 Å². The molecule has 1 N–H and O–H groups in total. The molecular formula is C17H14N2O2. The highest BCUT2D eigenvalue weighted by Gasteiger charge is 2.16. The molecule has 0 amide bonds. The van der Waals surface area contributed by atoms with Gasteiger partial charge in [0.25, 0.3) is 0 Å². The number of aldehydes is 1. The zero-order valence-electron chi connectivity index (χ0n) is 11.3. The van der Waals surface area contributed by atoms with Crippen LogP contribution in [0.4, 0.5) is 5.82 Å². The molecule has 3 rings (SSSR count). The monoisotopic (exact) mass is 278 g/mol. The number of rotatable bonds is 3. The van der Waals surface area contributed by atoms with Gasteiger partial charge in [0.15, 0.2) is 0 Å². The number of carbonyl (C=O) groups is 1. The van der Waals surface area contributed by atoms with Crippen LogP contribution in [0, 0.1) is 5.92 Å². The zero-order chi connectivity index (χ0) is 14.7. The van der Waals surface area contributed by atoms with E-state index >= 15 is 0 Å². The van der Waals surface area contributed by atoms with Gasteiger partial charge in [0.2, 0.25) is 0 Å². The Morgan fingerprint density at radius 1 is 1.14 bits per heavy atom. The highest BCUT2D eigenvalue weighted by atomic mass is 16.3. The van der Waals surface area contributed by atoms with E-state index in [1.807, 2.05) is 42.5 Å². The summed E-state index contributed by atoms with van der Waals surface area (Å²) in [7, 11) is 0. The number of nitrogens with zero attached hydrogens (tertiary/aromatic N) is 2. The summed E-state index contributed by atoms with van der Waals surface area (Å²) in [6.07, 6.45) is 7.31. The second-order valence-electron chi connectivity index (χ2n) is 4.73. The number of benzene rings is 1. The summed E-state index contributed by atoms with van der Waals surface area (Å²) >= 11 is 0. The third kappa shape index (κ3) is 2.69. The van der Waals surface area contributed by atoms with E-state index in [0.717, 1.165) is 11.1 Å². The van der Waals surface area contributed by atoms with Crippen molar-refractivity contribution in [1.29, 1.82) is 0 Å². The van der Waals surface area contributed by atoms with E-state index in [4.69, 9.17) is 0 Å². The van der Waals surface area contributed by atoms with E-state index in [1.54, 1.807) is 23.4 Å². The largest absolute Gasteiger partial charge is 0.510 e. The van der Waals surface area contributed by atoms with Gasteiger partial charge in [-0.05, 0) is 23.3 Å². The lowest BCUT2D eigenvalue weighted by Crippen LogP contribution is -2.18. The van der Waals surface area contributed by atoms with Crippen LogP contribution in [-0.4, -0.2) is 16.4 Å². The number of pyridine rings is 1. The Labute approximate surface area is 122 Å². The first kappa shape index (κ1) is 13.1. The molecule has 2 heterocycles. The Morgan fingerprint density at radius 2 is 1.95 bits per heavy atom. The van der Waals surface area contributed by atoms with Crippen molar-refractivity contribution in [3.63, 3.8) is 0 Å². The fourth-order valence-electron chi connectivity index (χ4n) is 2.18. The quantitative estimate of drug-likeness (QED) is 0.875. The van der Waals surface area contributed by atoms with Gasteiger partial charge in [-0.25, -0.2) is 4.98 Å². The molecule has 2 aromatic rings. The molecule has 4 heteroatoms. The average molecular weight is 278 g/mol. The number of aliphatic hydroxyl groups excluding tert-OH is 1. The van der Waals surface area contributed by atoms with Crippen molar-refractivity contribution in [3.8, 4) is 11.1 Å². The van der Waals surface area contributed by atoms with E-state index in [-0.39, 0.29) is 5.76 Å². The molecule has 0 fully saturated rings. The van der Waals surface area contributed by atoms with Crippen LogP contribution >= 0.6 is 0 Å². The first-order valence-electron chi connectivity index (χ1n) is 6.62. The summed E-state index contributed by atoms with van der Waals surface area (Å²) in [6.45, 7) is 0. The molecular weight excluding hydrogens is 264 g/mol. The van der Waals surface area contributed by atoms with Gasteiger partial charge in [-0.2, -0.15) is 0 Å². The third-order valence-corrected chi connectivity index (χ3v) is 3.33. The third-order valence-electron chi connectivity index (χ3n) is 3.33. The van der Waals surface area contributed by atoms with Crippen molar-refractivity contribution >= 4 is 12.1 Å². The van der Waals surface area contributed by atoms with Gasteiger partial charge < -0.3 is 14.8 Å². The Balaban J connectivity index is 1.93. The molecule has 0 aliphatic carbocycles. The first-order valence-corrected chi connectivity index (χ1v) is 6.62. The maximum atomic E-state index is 10.8. The van der Waals surface area contributed by atoms with Gasteiger partial charge >= 0.3 is 0 Å². The topological polar surface area (TPSA) is 53.4 Å². The van der Waals surface area contributed by atoms with Crippen molar-refractivity contribution < 1.29 is 9.90 Å². The van der Waals surface area contributed by atoms with E-state index in [1.165, 1.54) is 6.20 Å². The Hall–Kier alpha value is -2.88. The number of aliphatic hydroxyl groups is 1. The van der Waals surface area contributed by atoms with Crippen LogP contribution in [0.2, 0.25) is 0 Å². The van der Waals surface area contributed by atoms with Crippen molar-refractivity contribution in [2.24, 2.45) is 5.92 Å². The summed E-state index contributed by atoms with van der Waals surface area (Å²) < 4.78 is 0. The van der Waals surface area contributed by atoms with Gasteiger partial charge in [-0.3, -0.25) is 0 Å².